The second kappa shape index (κ2) is 5.50. The van der Waals surface area contributed by atoms with Gasteiger partial charge in [-0.3, -0.25) is 0 Å². The molecule has 0 N–H and O–H groups in total. The SMILES string of the molecule is C=CCOCC1OC(C)(C)OC1C1COC(C)(C)O1. The average Bonchev–Trinajstić information content (AvgIpc) is 2.79. The quantitative estimate of drug-likeness (QED) is 0.564. The number of hydrogen-bond donors (Lipinski definition) is 0. The maximum atomic E-state index is 5.94. The van der Waals surface area contributed by atoms with Gasteiger partial charge in [-0.05, 0) is 27.7 Å². The van der Waals surface area contributed by atoms with Crippen molar-refractivity contribution in [1.29, 1.82) is 0 Å². The number of hydrogen-bond acceptors (Lipinski definition) is 5. The van der Waals surface area contributed by atoms with Crippen molar-refractivity contribution >= 4 is 0 Å². The van der Waals surface area contributed by atoms with Crippen LogP contribution in [-0.2, 0) is 23.7 Å². The summed E-state index contributed by atoms with van der Waals surface area (Å²) >= 11 is 0. The highest BCUT2D eigenvalue weighted by molar-refractivity contribution is 4.90. The van der Waals surface area contributed by atoms with E-state index in [1.54, 1.807) is 6.08 Å². The van der Waals surface area contributed by atoms with Crippen molar-refractivity contribution in [2.45, 2.75) is 57.6 Å². The molecule has 0 spiro atoms. The first-order valence-corrected chi connectivity index (χ1v) is 6.69. The molecule has 2 rings (SSSR count). The van der Waals surface area contributed by atoms with Crippen LogP contribution in [0.3, 0.4) is 0 Å². The lowest BCUT2D eigenvalue weighted by Gasteiger charge is -2.23. The molecule has 5 heteroatoms. The van der Waals surface area contributed by atoms with Gasteiger partial charge in [0.25, 0.3) is 0 Å². The highest BCUT2D eigenvalue weighted by atomic mass is 16.8. The smallest absolute Gasteiger partial charge is 0.164 e. The van der Waals surface area contributed by atoms with E-state index in [9.17, 15) is 0 Å². The van der Waals surface area contributed by atoms with Gasteiger partial charge in [-0.25, -0.2) is 0 Å². The molecule has 0 aliphatic carbocycles. The zero-order valence-corrected chi connectivity index (χ0v) is 12.2. The van der Waals surface area contributed by atoms with Crippen molar-refractivity contribution < 1.29 is 23.7 Å². The van der Waals surface area contributed by atoms with Crippen molar-refractivity contribution in [3.63, 3.8) is 0 Å². The van der Waals surface area contributed by atoms with Crippen molar-refractivity contribution in [1.82, 2.24) is 0 Å². The van der Waals surface area contributed by atoms with Crippen LogP contribution in [0.25, 0.3) is 0 Å². The van der Waals surface area contributed by atoms with Gasteiger partial charge in [-0.2, -0.15) is 0 Å². The summed E-state index contributed by atoms with van der Waals surface area (Å²) in [7, 11) is 0. The lowest BCUT2D eigenvalue weighted by atomic mass is 10.1. The van der Waals surface area contributed by atoms with E-state index in [1.165, 1.54) is 0 Å². The fourth-order valence-corrected chi connectivity index (χ4v) is 2.45. The van der Waals surface area contributed by atoms with E-state index in [0.717, 1.165) is 0 Å². The molecular weight excluding hydrogens is 248 g/mol. The van der Waals surface area contributed by atoms with Crippen LogP contribution in [-0.4, -0.2) is 49.7 Å². The number of rotatable bonds is 5. The zero-order valence-electron chi connectivity index (χ0n) is 12.2. The van der Waals surface area contributed by atoms with Gasteiger partial charge >= 0.3 is 0 Å². The largest absolute Gasteiger partial charge is 0.375 e. The molecule has 3 unspecified atom stereocenters. The lowest BCUT2D eigenvalue weighted by Crippen LogP contribution is -2.40. The van der Waals surface area contributed by atoms with Crippen LogP contribution in [0.5, 0.6) is 0 Å². The molecule has 0 aromatic heterocycles. The third-order valence-electron chi connectivity index (χ3n) is 3.14. The fourth-order valence-electron chi connectivity index (χ4n) is 2.45. The Labute approximate surface area is 114 Å². The molecule has 0 aromatic carbocycles. The van der Waals surface area contributed by atoms with Gasteiger partial charge in [0.15, 0.2) is 11.6 Å². The van der Waals surface area contributed by atoms with Gasteiger partial charge in [-0.1, -0.05) is 6.08 Å². The molecule has 3 atom stereocenters. The van der Waals surface area contributed by atoms with Crippen LogP contribution in [0, 0.1) is 0 Å². The predicted molar refractivity (Wildman–Crippen MR) is 69.7 cm³/mol. The predicted octanol–water partition coefficient (Wildman–Crippen LogP) is 1.86. The molecule has 2 saturated heterocycles. The molecule has 110 valence electrons. The van der Waals surface area contributed by atoms with E-state index in [4.69, 9.17) is 23.7 Å². The maximum absolute atomic E-state index is 5.94. The van der Waals surface area contributed by atoms with Crippen LogP contribution in [0.2, 0.25) is 0 Å². The highest BCUT2D eigenvalue weighted by Gasteiger charge is 2.49. The first-order valence-electron chi connectivity index (χ1n) is 6.69. The normalized spacial score (nSPS) is 36.5. The van der Waals surface area contributed by atoms with Crippen molar-refractivity contribution in [2.75, 3.05) is 19.8 Å². The minimum absolute atomic E-state index is 0.130. The third-order valence-corrected chi connectivity index (χ3v) is 3.14. The van der Waals surface area contributed by atoms with Gasteiger partial charge in [0.05, 0.1) is 19.8 Å². The van der Waals surface area contributed by atoms with Crippen LogP contribution in [0.15, 0.2) is 12.7 Å². The third kappa shape index (κ3) is 3.77. The standard InChI is InChI=1S/C14H24O5/c1-6-7-15-8-10-12(19-14(4,5)18-10)11-9-16-13(2,3)17-11/h6,10-12H,1,7-9H2,2-5H3. The summed E-state index contributed by atoms with van der Waals surface area (Å²) in [5, 5.41) is 0. The van der Waals surface area contributed by atoms with E-state index in [0.29, 0.717) is 19.8 Å². The second-order valence-corrected chi connectivity index (χ2v) is 5.83. The summed E-state index contributed by atoms with van der Waals surface area (Å²) in [5.41, 5.74) is 0. The Morgan fingerprint density at radius 1 is 1.16 bits per heavy atom. The number of ether oxygens (including phenoxy) is 5. The van der Waals surface area contributed by atoms with Gasteiger partial charge in [0.1, 0.15) is 18.3 Å². The van der Waals surface area contributed by atoms with Gasteiger partial charge in [0, 0.05) is 0 Å². The van der Waals surface area contributed by atoms with Crippen molar-refractivity contribution in [3.05, 3.63) is 12.7 Å². The fraction of sp³-hybridized carbons (Fsp3) is 0.857. The average molecular weight is 272 g/mol. The second-order valence-electron chi connectivity index (χ2n) is 5.83. The summed E-state index contributed by atoms with van der Waals surface area (Å²) < 4.78 is 28.7. The Balaban J connectivity index is 1.97. The van der Waals surface area contributed by atoms with Crippen LogP contribution >= 0.6 is 0 Å². The maximum Gasteiger partial charge on any atom is 0.164 e. The Bertz CT molecular complexity index is 326. The van der Waals surface area contributed by atoms with Gasteiger partial charge in [-0.15, -0.1) is 6.58 Å². The van der Waals surface area contributed by atoms with Crippen molar-refractivity contribution in [2.24, 2.45) is 0 Å². The minimum Gasteiger partial charge on any atom is -0.375 e. The molecule has 2 aliphatic heterocycles. The molecule has 5 nitrogen and oxygen atoms in total. The first kappa shape index (κ1) is 14.9. The van der Waals surface area contributed by atoms with Crippen LogP contribution in [0.1, 0.15) is 27.7 Å². The topological polar surface area (TPSA) is 46.2 Å². The van der Waals surface area contributed by atoms with E-state index in [-0.39, 0.29) is 18.3 Å². The van der Waals surface area contributed by atoms with E-state index in [2.05, 4.69) is 6.58 Å². The molecule has 0 bridgehead atoms. The summed E-state index contributed by atoms with van der Waals surface area (Å²) in [4.78, 5) is 0. The molecule has 2 aliphatic rings. The molecule has 0 radical (unpaired) electrons. The monoisotopic (exact) mass is 272 g/mol. The molecule has 0 amide bonds. The van der Waals surface area contributed by atoms with E-state index < -0.39 is 11.6 Å². The Morgan fingerprint density at radius 3 is 2.47 bits per heavy atom. The molecule has 0 aromatic rings. The van der Waals surface area contributed by atoms with E-state index >= 15 is 0 Å². The van der Waals surface area contributed by atoms with Crippen LogP contribution < -0.4 is 0 Å². The molecule has 19 heavy (non-hydrogen) atoms. The summed E-state index contributed by atoms with van der Waals surface area (Å²) in [6.07, 6.45) is 1.25. The Hall–Kier alpha value is -0.460. The van der Waals surface area contributed by atoms with Gasteiger partial charge < -0.3 is 23.7 Å². The summed E-state index contributed by atoms with van der Waals surface area (Å²) in [6, 6.07) is 0. The zero-order chi connectivity index (χ0) is 14.1. The highest BCUT2D eigenvalue weighted by Crippen LogP contribution is 2.35. The molecule has 2 heterocycles. The minimum atomic E-state index is -0.622. The van der Waals surface area contributed by atoms with Gasteiger partial charge in [0.2, 0.25) is 0 Å². The summed E-state index contributed by atoms with van der Waals surface area (Å²) in [5.74, 6) is -1.18. The summed E-state index contributed by atoms with van der Waals surface area (Å²) in [6.45, 7) is 12.7. The van der Waals surface area contributed by atoms with E-state index in [1.807, 2.05) is 27.7 Å². The molecule has 2 fully saturated rings. The Morgan fingerprint density at radius 2 is 1.89 bits per heavy atom. The lowest BCUT2D eigenvalue weighted by molar-refractivity contribution is -0.175. The Kier molecular flexibility index (Phi) is 4.32. The van der Waals surface area contributed by atoms with Crippen molar-refractivity contribution in [3.8, 4) is 0 Å². The molecule has 0 saturated carbocycles. The molecular formula is C14H24O5. The first-order chi connectivity index (χ1) is 8.83. The van der Waals surface area contributed by atoms with Crippen LogP contribution in [0.4, 0.5) is 0 Å².